The van der Waals surface area contributed by atoms with Crippen LogP contribution in [0.15, 0.2) is 36.4 Å². The minimum Gasteiger partial charge on any atom is -0.387 e. The monoisotopic (exact) mass is 795 g/mol. The Bertz CT molecular complexity index is 2150. The van der Waals surface area contributed by atoms with Gasteiger partial charge in [-0.3, -0.25) is 9.47 Å². The molecule has 4 amide bonds. The van der Waals surface area contributed by atoms with Crippen LogP contribution in [0.5, 0.6) is 0 Å². The Kier molecular flexibility index (Phi) is 12.6. The molecule has 4 aliphatic rings. The van der Waals surface area contributed by atoms with Crippen molar-refractivity contribution < 1.29 is 19.5 Å². The van der Waals surface area contributed by atoms with Crippen LogP contribution >= 0.6 is 0 Å². The molecule has 1 unspecified atom stereocenters. The van der Waals surface area contributed by atoms with Gasteiger partial charge in [0.1, 0.15) is 5.69 Å². The van der Waals surface area contributed by atoms with Crippen LogP contribution in [0.1, 0.15) is 136 Å². The van der Waals surface area contributed by atoms with Crippen molar-refractivity contribution in [3.05, 3.63) is 70.0 Å². The van der Waals surface area contributed by atoms with Crippen LogP contribution in [-0.4, -0.2) is 117 Å². The van der Waals surface area contributed by atoms with Crippen LogP contribution in [0.2, 0.25) is 0 Å². The fourth-order valence-electron chi connectivity index (χ4n) is 10.7. The zero-order valence-electron chi connectivity index (χ0n) is 36.1. The summed E-state index contributed by atoms with van der Waals surface area (Å²) in [5, 5.41) is 13.4. The predicted molar refractivity (Wildman–Crippen MR) is 233 cm³/mol. The minimum atomic E-state index is -0.604. The van der Waals surface area contributed by atoms with Gasteiger partial charge in [-0.1, -0.05) is 38.1 Å². The number of aromatic nitrogens is 2. The normalized spacial score (nSPS) is 21.7. The lowest BCUT2D eigenvalue weighted by atomic mass is 9.74. The first-order valence-electron chi connectivity index (χ1n) is 22.1. The fourth-order valence-corrected chi connectivity index (χ4v) is 10.7. The molecule has 3 N–H and O–H groups in total. The highest BCUT2D eigenvalue weighted by molar-refractivity contribution is 6.05. The quantitative estimate of drug-likeness (QED) is 0.141. The van der Waals surface area contributed by atoms with E-state index < -0.39 is 6.10 Å². The number of rotatable bonds is 10. The van der Waals surface area contributed by atoms with Crippen LogP contribution in [0, 0.1) is 0 Å². The number of nitrogens with zero attached hydrogens (tertiary/aromatic N) is 6. The number of ketones is 1. The summed E-state index contributed by atoms with van der Waals surface area (Å²) in [6.07, 6.45) is 7.02. The minimum absolute atomic E-state index is 0.0823. The predicted octanol–water partition coefficient (Wildman–Crippen LogP) is 7.80. The summed E-state index contributed by atoms with van der Waals surface area (Å²) in [6, 6.07) is 13.3. The number of likely N-dealkylation sites (tertiary alicyclic amines) is 2. The number of hydrogen-bond acceptors (Lipinski definition) is 6. The SMILES string of the molecule is CCC(=O)c1c2c3c(cccc3n1NC(=O)N(CC)CC)[C@H]1CCCN(C)[C@@H]1C2.CCC(O)c1c2c3c(cccc3n1NC(=O)N(CC)CC)[C@H]1CCCN(C)[C@@H]1C2. The smallest absolute Gasteiger partial charge is 0.336 e. The number of nitrogens with one attached hydrogen (secondary N) is 2. The average Bonchev–Trinajstić information content (AvgIpc) is 3.72. The molecule has 2 aromatic heterocycles. The van der Waals surface area contributed by atoms with Gasteiger partial charge in [-0.05, 0) is 134 Å². The number of benzene rings is 2. The molecule has 0 radical (unpaired) electrons. The largest absolute Gasteiger partial charge is 0.387 e. The number of fused-ring (bicyclic) bond motifs is 4. The lowest BCUT2D eigenvalue weighted by molar-refractivity contribution is 0.0978. The lowest BCUT2D eigenvalue weighted by Gasteiger charge is -2.42. The molecule has 12 heteroatoms. The summed E-state index contributed by atoms with van der Waals surface area (Å²) in [5.74, 6) is 1.09. The molecule has 2 aliphatic heterocycles. The maximum absolute atomic E-state index is 13.1. The summed E-state index contributed by atoms with van der Waals surface area (Å²) in [4.78, 5) is 47.2. The van der Waals surface area contributed by atoms with Crippen molar-refractivity contribution >= 4 is 39.7 Å². The van der Waals surface area contributed by atoms with E-state index in [9.17, 15) is 19.5 Å². The van der Waals surface area contributed by atoms with Gasteiger partial charge >= 0.3 is 12.1 Å². The number of urea groups is 2. The number of amides is 4. The van der Waals surface area contributed by atoms with Crippen molar-refractivity contribution in [3.63, 3.8) is 0 Å². The summed E-state index contributed by atoms with van der Waals surface area (Å²) < 4.78 is 3.65. The van der Waals surface area contributed by atoms with Crippen LogP contribution in [0.25, 0.3) is 21.8 Å². The third-order valence-corrected chi connectivity index (χ3v) is 13.8. The first-order chi connectivity index (χ1) is 28.0. The first kappa shape index (κ1) is 41.8. The van der Waals surface area contributed by atoms with Crippen LogP contribution in [-0.2, 0) is 12.8 Å². The standard InChI is InChI=1S/C23H34N4O2.C23H32N4O2/c2*1-5-20(28)22-17-14-19-15(11-9-13-25(19)4)16-10-8-12-18(21(16)17)27(22)24-23(29)26(6-2)7-3/h8,10,12,15,19-20,28H,5-7,9,11,13-14H2,1-4H3,(H,24,29);8,10,12,15,19H,5-7,9,11,13-14H2,1-4H3,(H,24,29)/t15-,19-,20?;15-,19-/m11/s1. The Morgan fingerprint density at radius 2 is 1.17 bits per heavy atom. The molecule has 0 saturated carbocycles. The molecule has 0 spiro atoms. The molecule has 58 heavy (non-hydrogen) atoms. The van der Waals surface area contributed by atoms with Gasteiger partial charge < -0.3 is 24.7 Å². The molecular weight excluding hydrogens is 729 g/mol. The molecule has 8 rings (SSSR count). The van der Waals surface area contributed by atoms with Gasteiger partial charge in [0.25, 0.3) is 0 Å². The second kappa shape index (κ2) is 17.5. The van der Waals surface area contributed by atoms with Crippen LogP contribution in [0.4, 0.5) is 9.59 Å². The number of Topliss-reactive ketones (excluding diaryl/α,β-unsaturated/α-hetero) is 1. The number of piperidine rings is 2. The maximum atomic E-state index is 13.1. The van der Waals surface area contributed by atoms with Gasteiger partial charge in [0.2, 0.25) is 0 Å². The topological polar surface area (TPSA) is 118 Å². The van der Waals surface area contributed by atoms with Crippen molar-refractivity contribution in [2.45, 2.75) is 123 Å². The Morgan fingerprint density at radius 3 is 1.66 bits per heavy atom. The zero-order chi connectivity index (χ0) is 41.4. The molecule has 4 aromatic rings. The molecule has 314 valence electrons. The summed E-state index contributed by atoms with van der Waals surface area (Å²) in [5.41, 5.74) is 14.6. The molecule has 12 nitrogen and oxygen atoms in total. The second-order valence-corrected chi connectivity index (χ2v) is 16.7. The van der Waals surface area contributed by atoms with Crippen LogP contribution < -0.4 is 10.9 Å². The van der Waals surface area contributed by atoms with Gasteiger partial charge in [-0.2, -0.15) is 0 Å². The highest BCUT2D eigenvalue weighted by atomic mass is 16.3. The fraction of sp³-hybridized carbons (Fsp3) is 0.587. The molecule has 4 heterocycles. The zero-order valence-corrected chi connectivity index (χ0v) is 36.1. The number of likely N-dealkylation sites (N-methyl/N-ethyl adjacent to an activating group) is 2. The lowest BCUT2D eigenvalue weighted by Crippen LogP contribution is -2.44. The van der Waals surface area contributed by atoms with E-state index in [1.165, 1.54) is 53.1 Å². The molecule has 2 saturated heterocycles. The third-order valence-electron chi connectivity index (χ3n) is 13.8. The van der Waals surface area contributed by atoms with E-state index in [2.05, 4.69) is 65.1 Å². The molecule has 5 atom stereocenters. The first-order valence-corrected chi connectivity index (χ1v) is 22.1. The Hall–Kier alpha value is -4.39. The molecule has 2 aromatic carbocycles. The number of carbonyl (C=O) groups excluding carboxylic acids is 3. The van der Waals surface area contributed by atoms with Crippen molar-refractivity contribution in [3.8, 4) is 0 Å². The van der Waals surface area contributed by atoms with E-state index >= 15 is 0 Å². The van der Waals surface area contributed by atoms with Crippen molar-refractivity contribution in [2.24, 2.45) is 0 Å². The Labute approximate surface area is 344 Å². The highest BCUT2D eigenvalue weighted by Crippen LogP contribution is 2.47. The van der Waals surface area contributed by atoms with Gasteiger partial charge in [0.15, 0.2) is 5.78 Å². The third kappa shape index (κ3) is 7.19. The number of aliphatic hydroxyl groups is 1. The van der Waals surface area contributed by atoms with E-state index in [0.717, 1.165) is 48.2 Å². The van der Waals surface area contributed by atoms with E-state index in [0.29, 0.717) is 68.6 Å². The molecule has 2 fully saturated rings. The highest BCUT2D eigenvalue weighted by Gasteiger charge is 2.41. The van der Waals surface area contributed by atoms with Gasteiger partial charge in [0, 0.05) is 67.3 Å². The Morgan fingerprint density at radius 1 is 0.707 bits per heavy atom. The van der Waals surface area contributed by atoms with Gasteiger partial charge in [-0.15, -0.1) is 0 Å². The number of aliphatic hydroxyl groups excluding tert-OH is 1. The average molecular weight is 795 g/mol. The van der Waals surface area contributed by atoms with Crippen LogP contribution in [0.3, 0.4) is 0 Å². The van der Waals surface area contributed by atoms with Crippen molar-refractivity contribution in [1.82, 2.24) is 29.0 Å². The van der Waals surface area contributed by atoms with E-state index in [-0.39, 0.29) is 17.8 Å². The second-order valence-electron chi connectivity index (χ2n) is 16.7. The van der Waals surface area contributed by atoms with Crippen molar-refractivity contribution in [1.29, 1.82) is 0 Å². The van der Waals surface area contributed by atoms with E-state index in [1.54, 1.807) is 14.5 Å². The summed E-state index contributed by atoms with van der Waals surface area (Å²) >= 11 is 0. The summed E-state index contributed by atoms with van der Waals surface area (Å²) in [7, 11) is 4.42. The van der Waals surface area contributed by atoms with Gasteiger partial charge in [0.05, 0.1) is 22.8 Å². The van der Waals surface area contributed by atoms with E-state index in [1.807, 2.05) is 52.3 Å². The Balaban J connectivity index is 0.000000177. The van der Waals surface area contributed by atoms with E-state index in [4.69, 9.17) is 0 Å². The van der Waals surface area contributed by atoms with Crippen molar-refractivity contribution in [2.75, 3.05) is 64.2 Å². The van der Waals surface area contributed by atoms with Gasteiger partial charge in [-0.25, -0.2) is 25.1 Å². The molecular formula is C46H66N8O4. The number of carbonyl (C=O) groups is 3. The molecule has 0 bridgehead atoms. The summed E-state index contributed by atoms with van der Waals surface area (Å²) in [6.45, 7) is 16.6. The maximum Gasteiger partial charge on any atom is 0.336 e. The molecule has 2 aliphatic carbocycles. The number of hydrogen-bond donors (Lipinski definition) is 3.